The fourth-order valence-electron chi connectivity index (χ4n) is 3.15. The first-order chi connectivity index (χ1) is 14.8. The van der Waals surface area contributed by atoms with E-state index >= 15 is 0 Å². The number of ether oxygens (including phenoxy) is 2. The number of amides is 1. The molecule has 0 bridgehead atoms. The Kier molecular flexibility index (Phi) is 8.00. The monoisotopic (exact) mass is 485 g/mol. The molecule has 1 aliphatic heterocycles. The van der Waals surface area contributed by atoms with Crippen molar-refractivity contribution in [3.05, 3.63) is 56.3 Å². The van der Waals surface area contributed by atoms with Crippen LogP contribution in [-0.4, -0.2) is 59.0 Å². The van der Waals surface area contributed by atoms with Crippen molar-refractivity contribution in [2.24, 2.45) is 0 Å². The summed E-state index contributed by atoms with van der Waals surface area (Å²) in [6, 6.07) is 5.24. The van der Waals surface area contributed by atoms with Crippen molar-refractivity contribution in [3.8, 4) is 0 Å². The van der Waals surface area contributed by atoms with E-state index in [-0.39, 0.29) is 12.5 Å². The molecule has 166 valence electrons. The van der Waals surface area contributed by atoms with E-state index in [0.717, 1.165) is 0 Å². The quantitative estimate of drug-likeness (QED) is 0.456. The molecule has 0 saturated carbocycles. The third-order valence-electron chi connectivity index (χ3n) is 4.83. The predicted molar refractivity (Wildman–Crippen MR) is 120 cm³/mol. The molecule has 3 rings (SSSR count). The first-order valence-electron chi connectivity index (χ1n) is 9.69. The highest BCUT2D eigenvalue weighted by molar-refractivity contribution is 6.36. The molecule has 1 aromatic heterocycles. The van der Waals surface area contributed by atoms with Gasteiger partial charge in [0, 0.05) is 40.3 Å². The zero-order chi connectivity index (χ0) is 22.5. The van der Waals surface area contributed by atoms with Gasteiger partial charge < -0.3 is 14.4 Å². The van der Waals surface area contributed by atoms with Crippen molar-refractivity contribution < 1.29 is 19.1 Å². The molecule has 1 atom stereocenters. The van der Waals surface area contributed by atoms with Crippen molar-refractivity contribution in [2.75, 3.05) is 26.3 Å². The molecule has 1 aromatic carbocycles. The van der Waals surface area contributed by atoms with Crippen LogP contribution in [0.25, 0.3) is 6.08 Å². The topological polar surface area (TPSA) is 73.7 Å². The lowest BCUT2D eigenvalue weighted by atomic mass is 10.2. The zero-order valence-electron chi connectivity index (χ0n) is 17.1. The number of nitrogens with zero attached hydrogens (tertiary/aromatic N) is 3. The minimum absolute atomic E-state index is 0.247. The van der Waals surface area contributed by atoms with E-state index in [1.165, 1.54) is 12.2 Å². The van der Waals surface area contributed by atoms with Crippen molar-refractivity contribution in [3.63, 3.8) is 0 Å². The second-order valence-corrected chi connectivity index (χ2v) is 8.17. The number of esters is 1. The Morgan fingerprint density at radius 3 is 2.52 bits per heavy atom. The Morgan fingerprint density at radius 2 is 1.87 bits per heavy atom. The first kappa shape index (κ1) is 23.6. The molecule has 1 fully saturated rings. The molecule has 0 radical (unpaired) electrons. The zero-order valence-corrected chi connectivity index (χ0v) is 19.4. The van der Waals surface area contributed by atoms with Crippen molar-refractivity contribution in [1.82, 2.24) is 14.7 Å². The molecule has 10 heteroatoms. The van der Waals surface area contributed by atoms with E-state index in [0.29, 0.717) is 58.3 Å². The van der Waals surface area contributed by atoms with Gasteiger partial charge in [-0.25, -0.2) is 9.48 Å². The summed E-state index contributed by atoms with van der Waals surface area (Å²) in [6.45, 7) is 5.53. The van der Waals surface area contributed by atoms with Gasteiger partial charge in [0.1, 0.15) is 5.15 Å². The maximum atomic E-state index is 12.4. The standard InChI is InChI=1S/C21H22Cl3N3O4/c1-13-15(20(24)27(25-13)12-16-17(22)4-3-5-18(16)23)6-7-19(28)31-14(2)21(29)26-8-10-30-11-9-26/h3-7,14H,8-12H2,1-2H3/b7-6+. The lowest BCUT2D eigenvalue weighted by molar-refractivity contribution is -0.157. The van der Waals surface area contributed by atoms with E-state index in [2.05, 4.69) is 5.10 Å². The van der Waals surface area contributed by atoms with Crippen LogP contribution in [0, 0.1) is 6.92 Å². The molecule has 1 amide bonds. The van der Waals surface area contributed by atoms with Crippen molar-refractivity contribution >= 4 is 52.8 Å². The molecule has 7 nitrogen and oxygen atoms in total. The van der Waals surface area contributed by atoms with Crippen LogP contribution < -0.4 is 0 Å². The molecule has 1 aliphatic rings. The third-order valence-corrected chi connectivity index (χ3v) is 5.94. The van der Waals surface area contributed by atoms with Gasteiger partial charge in [-0.05, 0) is 32.1 Å². The van der Waals surface area contributed by atoms with Crippen LogP contribution in [0.4, 0.5) is 0 Å². The van der Waals surface area contributed by atoms with E-state index in [4.69, 9.17) is 44.3 Å². The van der Waals surface area contributed by atoms with E-state index < -0.39 is 12.1 Å². The Morgan fingerprint density at radius 1 is 1.23 bits per heavy atom. The number of halogens is 3. The Balaban J connectivity index is 1.66. The van der Waals surface area contributed by atoms with E-state index in [9.17, 15) is 9.59 Å². The minimum atomic E-state index is -0.892. The second kappa shape index (κ2) is 10.5. The number of aryl methyl sites for hydroxylation is 1. The number of carbonyl (C=O) groups is 2. The van der Waals surface area contributed by atoms with Gasteiger partial charge in [-0.3, -0.25) is 4.79 Å². The molecule has 0 aliphatic carbocycles. The first-order valence-corrected chi connectivity index (χ1v) is 10.8. The summed E-state index contributed by atoms with van der Waals surface area (Å²) in [6.07, 6.45) is 1.85. The number of carbonyl (C=O) groups excluding carboxylic acids is 2. The van der Waals surface area contributed by atoms with Crippen LogP contribution in [0.2, 0.25) is 15.2 Å². The number of benzene rings is 1. The van der Waals surface area contributed by atoms with Crippen LogP contribution in [0.5, 0.6) is 0 Å². The highest BCUT2D eigenvalue weighted by Gasteiger charge is 2.24. The van der Waals surface area contributed by atoms with Crippen molar-refractivity contribution in [1.29, 1.82) is 0 Å². The molecule has 31 heavy (non-hydrogen) atoms. The maximum absolute atomic E-state index is 12.4. The second-order valence-electron chi connectivity index (χ2n) is 7.00. The number of morpholine rings is 1. The lowest BCUT2D eigenvalue weighted by Gasteiger charge is -2.28. The average molecular weight is 487 g/mol. The summed E-state index contributed by atoms with van der Waals surface area (Å²) >= 11 is 18.9. The molecule has 0 spiro atoms. The SMILES string of the molecule is Cc1nn(Cc2c(Cl)cccc2Cl)c(Cl)c1/C=C/C(=O)OC(C)C(=O)N1CCOCC1. The van der Waals surface area contributed by atoms with Gasteiger partial charge in [0.15, 0.2) is 6.10 Å². The highest BCUT2D eigenvalue weighted by Crippen LogP contribution is 2.28. The van der Waals surface area contributed by atoms with Gasteiger partial charge in [-0.1, -0.05) is 40.9 Å². The number of hydrogen-bond acceptors (Lipinski definition) is 5. The normalized spacial score (nSPS) is 15.3. The largest absolute Gasteiger partial charge is 0.449 e. The Labute approximate surface area is 195 Å². The maximum Gasteiger partial charge on any atom is 0.331 e. The van der Waals surface area contributed by atoms with Gasteiger partial charge in [-0.15, -0.1) is 0 Å². The van der Waals surface area contributed by atoms with Crippen LogP contribution in [0.3, 0.4) is 0 Å². The fraction of sp³-hybridized carbons (Fsp3) is 0.381. The summed E-state index contributed by atoms with van der Waals surface area (Å²) in [4.78, 5) is 26.2. The third kappa shape index (κ3) is 5.80. The van der Waals surface area contributed by atoms with Crippen molar-refractivity contribution in [2.45, 2.75) is 26.5 Å². The molecular weight excluding hydrogens is 465 g/mol. The average Bonchev–Trinajstić information content (AvgIpc) is 3.01. The summed E-state index contributed by atoms with van der Waals surface area (Å²) in [5.41, 5.74) is 1.88. The Hall–Kier alpha value is -2.06. The van der Waals surface area contributed by atoms with Crippen LogP contribution in [0.15, 0.2) is 24.3 Å². The van der Waals surface area contributed by atoms with E-state index in [1.54, 1.807) is 41.6 Å². The summed E-state index contributed by atoms with van der Waals surface area (Å²) < 4.78 is 12.0. The fourth-order valence-corrected chi connectivity index (χ4v) is 3.96. The summed E-state index contributed by atoms with van der Waals surface area (Å²) in [5, 5.41) is 5.76. The Bertz CT molecular complexity index is 980. The van der Waals surface area contributed by atoms with Crippen LogP contribution in [-0.2, 0) is 25.6 Å². The smallest absolute Gasteiger partial charge is 0.331 e. The van der Waals surface area contributed by atoms with Gasteiger partial charge in [0.2, 0.25) is 0 Å². The van der Waals surface area contributed by atoms with Gasteiger partial charge in [0.05, 0.1) is 25.5 Å². The number of aromatic nitrogens is 2. The molecule has 2 heterocycles. The number of hydrogen-bond donors (Lipinski definition) is 0. The number of rotatable bonds is 6. The van der Waals surface area contributed by atoms with Crippen LogP contribution in [0.1, 0.15) is 23.7 Å². The molecular formula is C21H22Cl3N3O4. The predicted octanol–water partition coefficient (Wildman–Crippen LogP) is 4.00. The van der Waals surface area contributed by atoms with Gasteiger partial charge >= 0.3 is 5.97 Å². The molecule has 0 N–H and O–H groups in total. The van der Waals surface area contributed by atoms with Crippen LogP contribution >= 0.6 is 34.8 Å². The molecule has 2 aromatic rings. The molecule has 1 unspecified atom stereocenters. The summed E-state index contributed by atoms with van der Waals surface area (Å²) in [5.74, 6) is -0.893. The minimum Gasteiger partial charge on any atom is -0.449 e. The summed E-state index contributed by atoms with van der Waals surface area (Å²) in [7, 11) is 0. The molecule has 1 saturated heterocycles. The highest BCUT2D eigenvalue weighted by atomic mass is 35.5. The van der Waals surface area contributed by atoms with Gasteiger partial charge in [-0.2, -0.15) is 5.10 Å². The van der Waals surface area contributed by atoms with Gasteiger partial charge in [0.25, 0.3) is 5.91 Å². The lowest BCUT2D eigenvalue weighted by Crippen LogP contribution is -2.45. The van der Waals surface area contributed by atoms with E-state index in [1.807, 2.05) is 0 Å².